The molecule has 1 saturated heterocycles. The van der Waals surface area contributed by atoms with E-state index in [1.807, 2.05) is 19.3 Å². The van der Waals surface area contributed by atoms with Crippen LogP contribution < -0.4 is 0 Å². The molecule has 86 valence electrons. The third-order valence-electron chi connectivity index (χ3n) is 3.14. The van der Waals surface area contributed by atoms with Gasteiger partial charge in [-0.05, 0) is 37.4 Å². The Bertz CT molecular complexity index is 365. The summed E-state index contributed by atoms with van der Waals surface area (Å²) in [6.45, 7) is 3.92. The van der Waals surface area contributed by atoms with Crippen molar-refractivity contribution in [3.05, 3.63) is 29.6 Å². The lowest BCUT2D eigenvalue weighted by atomic mass is 10.0. The van der Waals surface area contributed by atoms with Crippen molar-refractivity contribution in [1.82, 2.24) is 9.88 Å². The highest BCUT2D eigenvalue weighted by molar-refractivity contribution is 5.57. The fraction of sp³-hybridized carbons (Fsp3) is 0.538. The van der Waals surface area contributed by atoms with Gasteiger partial charge in [-0.15, -0.1) is 0 Å². The molecule has 1 aliphatic rings. The maximum Gasteiger partial charge on any atom is 0.137 e. The molecule has 16 heavy (non-hydrogen) atoms. The number of rotatable bonds is 3. The van der Waals surface area contributed by atoms with Crippen molar-refractivity contribution in [1.29, 1.82) is 0 Å². The number of hydrogen-bond donors (Lipinski definition) is 0. The molecule has 1 fully saturated rings. The fourth-order valence-electron chi connectivity index (χ4n) is 2.31. The average Bonchev–Trinajstić information content (AvgIpc) is 2.30. The molecule has 1 atom stereocenters. The standard InChI is InChI=1S/C13H18N2O/c1-11-6-12(8-14-7-11)9-15-5-3-2-4-13(15)10-16/h6-8,10,13H,2-5,9H2,1H3. The third kappa shape index (κ3) is 2.67. The van der Waals surface area contributed by atoms with Gasteiger partial charge in [-0.2, -0.15) is 0 Å². The fourth-order valence-corrected chi connectivity index (χ4v) is 2.31. The first-order valence-electron chi connectivity index (χ1n) is 5.89. The Hall–Kier alpha value is -1.22. The predicted octanol–water partition coefficient (Wildman–Crippen LogP) is 1.94. The first-order valence-corrected chi connectivity index (χ1v) is 5.89. The lowest BCUT2D eigenvalue weighted by molar-refractivity contribution is -0.113. The molecule has 1 unspecified atom stereocenters. The van der Waals surface area contributed by atoms with Crippen LogP contribution in [0.15, 0.2) is 18.5 Å². The molecule has 0 radical (unpaired) electrons. The molecule has 2 rings (SSSR count). The van der Waals surface area contributed by atoms with Crippen LogP contribution in [0.1, 0.15) is 30.4 Å². The van der Waals surface area contributed by atoms with Gasteiger partial charge in [0.15, 0.2) is 0 Å². The second kappa shape index (κ2) is 5.21. The van der Waals surface area contributed by atoms with E-state index < -0.39 is 0 Å². The van der Waals surface area contributed by atoms with E-state index in [0.717, 1.165) is 25.8 Å². The van der Waals surface area contributed by atoms with Crippen molar-refractivity contribution in [3.8, 4) is 0 Å². The molecule has 0 aliphatic carbocycles. The monoisotopic (exact) mass is 218 g/mol. The Kier molecular flexibility index (Phi) is 3.67. The molecule has 3 heteroatoms. The zero-order chi connectivity index (χ0) is 11.4. The van der Waals surface area contributed by atoms with Crippen LogP contribution in [0.3, 0.4) is 0 Å². The summed E-state index contributed by atoms with van der Waals surface area (Å²) in [5, 5.41) is 0. The number of nitrogens with zero attached hydrogens (tertiary/aromatic N) is 2. The highest BCUT2D eigenvalue weighted by Crippen LogP contribution is 2.18. The summed E-state index contributed by atoms with van der Waals surface area (Å²) < 4.78 is 0. The highest BCUT2D eigenvalue weighted by Gasteiger charge is 2.21. The number of pyridine rings is 1. The molecule has 0 bridgehead atoms. The molecule has 1 aliphatic heterocycles. The van der Waals surface area contributed by atoms with Crippen LogP contribution in [0.2, 0.25) is 0 Å². The van der Waals surface area contributed by atoms with Gasteiger partial charge in [-0.25, -0.2) is 0 Å². The van der Waals surface area contributed by atoms with E-state index in [-0.39, 0.29) is 6.04 Å². The lowest BCUT2D eigenvalue weighted by Gasteiger charge is -2.32. The van der Waals surface area contributed by atoms with E-state index >= 15 is 0 Å². The molecule has 1 aromatic rings. The third-order valence-corrected chi connectivity index (χ3v) is 3.14. The number of aryl methyl sites for hydroxylation is 1. The first kappa shape index (κ1) is 11.3. The zero-order valence-corrected chi connectivity index (χ0v) is 9.72. The van der Waals surface area contributed by atoms with E-state index in [0.29, 0.717) is 0 Å². The Labute approximate surface area is 96.5 Å². The zero-order valence-electron chi connectivity index (χ0n) is 9.72. The SMILES string of the molecule is Cc1cncc(CN2CCCCC2C=O)c1. The molecule has 3 nitrogen and oxygen atoms in total. The normalized spacial score (nSPS) is 21.9. The Morgan fingerprint density at radius 1 is 1.50 bits per heavy atom. The van der Waals surface area contributed by atoms with Gasteiger partial charge >= 0.3 is 0 Å². The van der Waals surface area contributed by atoms with Crippen LogP contribution in [0.5, 0.6) is 0 Å². The van der Waals surface area contributed by atoms with Crippen LogP contribution >= 0.6 is 0 Å². The minimum Gasteiger partial charge on any atom is -0.302 e. The van der Waals surface area contributed by atoms with E-state index in [2.05, 4.69) is 16.0 Å². The molecule has 1 aromatic heterocycles. The van der Waals surface area contributed by atoms with Gasteiger partial charge in [0.25, 0.3) is 0 Å². The maximum absolute atomic E-state index is 11.0. The summed E-state index contributed by atoms with van der Waals surface area (Å²) in [5.41, 5.74) is 2.38. The van der Waals surface area contributed by atoms with E-state index in [4.69, 9.17) is 0 Å². The quantitative estimate of drug-likeness (QED) is 0.727. The van der Waals surface area contributed by atoms with Crippen molar-refractivity contribution in [2.45, 2.75) is 38.8 Å². The van der Waals surface area contributed by atoms with Crippen molar-refractivity contribution in [3.63, 3.8) is 0 Å². The minimum absolute atomic E-state index is 0.106. The van der Waals surface area contributed by atoms with E-state index in [9.17, 15) is 4.79 Å². The topological polar surface area (TPSA) is 33.2 Å². The second-order valence-corrected chi connectivity index (χ2v) is 4.54. The second-order valence-electron chi connectivity index (χ2n) is 4.54. The number of carbonyl (C=O) groups excluding carboxylic acids is 1. The smallest absolute Gasteiger partial charge is 0.137 e. The first-order chi connectivity index (χ1) is 7.79. The van der Waals surface area contributed by atoms with Crippen LogP contribution in [-0.4, -0.2) is 28.8 Å². The van der Waals surface area contributed by atoms with Gasteiger partial charge in [0.1, 0.15) is 6.29 Å². The number of hydrogen-bond acceptors (Lipinski definition) is 3. The molecule has 0 aromatic carbocycles. The number of likely N-dealkylation sites (tertiary alicyclic amines) is 1. The summed E-state index contributed by atoms with van der Waals surface area (Å²) in [7, 11) is 0. The van der Waals surface area contributed by atoms with Gasteiger partial charge in [-0.1, -0.05) is 12.5 Å². The molecular weight excluding hydrogens is 200 g/mol. The number of aldehydes is 1. The van der Waals surface area contributed by atoms with Crippen LogP contribution in [0.4, 0.5) is 0 Å². The largest absolute Gasteiger partial charge is 0.302 e. The Morgan fingerprint density at radius 2 is 2.38 bits per heavy atom. The summed E-state index contributed by atoms with van der Waals surface area (Å²) >= 11 is 0. The van der Waals surface area contributed by atoms with Gasteiger partial charge in [0.05, 0.1) is 6.04 Å². The van der Waals surface area contributed by atoms with Crippen molar-refractivity contribution < 1.29 is 4.79 Å². The van der Waals surface area contributed by atoms with Crippen molar-refractivity contribution in [2.24, 2.45) is 0 Å². The van der Waals surface area contributed by atoms with Crippen LogP contribution in [0.25, 0.3) is 0 Å². The highest BCUT2D eigenvalue weighted by atomic mass is 16.1. The van der Waals surface area contributed by atoms with E-state index in [1.54, 1.807) is 0 Å². The number of piperidine rings is 1. The summed E-state index contributed by atoms with van der Waals surface area (Å²) in [6.07, 6.45) is 8.21. The van der Waals surface area contributed by atoms with Gasteiger partial charge in [0, 0.05) is 18.9 Å². The number of carbonyl (C=O) groups is 1. The summed E-state index contributed by atoms with van der Waals surface area (Å²) in [4.78, 5) is 17.4. The van der Waals surface area contributed by atoms with Crippen molar-refractivity contribution in [2.75, 3.05) is 6.54 Å². The number of aromatic nitrogens is 1. The van der Waals surface area contributed by atoms with Gasteiger partial charge in [-0.3, -0.25) is 9.88 Å². The molecule has 2 heterocycles. The lowest BCUT2D eigenvalue weighted by Crippen LogP contribution is -2.39. The van der Waals surface area contributed by atoms with Gasteiger partial charge in [0.2, 0.25) is 0 Å². The molecule has 0 amide bonds. The Balaban J connectivity index is 2.04. The minimum atomic E-state index is 0.106. The molecule has 0 saturated carbocycles. The molecule has 0 spiro atoms. The average molecular weight is 218 g/mol. The maximum atomic E-state index is 11.0. The summed E-state index contributed by atoms with van der Waals surface area (Å²) in [5.74, 6) is 0. The Morgan fingerprint density at radius 3 is 3.12 bits per heavy atom. The van der Waals surface area contributed by atoms with Gasteiger partial charge < -0.3 is 4.79 Å². The van der Waals surface area contributed by atoms with Crippen molar-refractivity contribution >= 4 is 6.29 Å². The summed E-state index contributed by atoms with van der Waals surface area (Å²) in [6, 6.07) is 2.25. The van der Waals surface area contributed by atoms with Crippen LogP contribution in [-0.2, 0) is 11.3 Å². The van der Waals surface area contributed by atoms with E-state index in [1.165, 1.54) is 24.0 Å². The molecular formula is C13H18N2O. The molecule has 0 N–H and O–H groups in total. The van der Waals surface area contributed by atoms with Crippen LogP contribution in [0, 0.1) is 6.92 Å². The predicted molar refractivity (Wildman–Crippen MR) is 63.1 cm³/mol.